The Hall–Kier alpha value is -0.920. The fourth-order valence-corrected chi connectivity index (χ4v) is 3.87. The number of rotatable bonds is 4. The summed E-state index contributed by atoms with van der Waals surface area (Å²) in [6, 6.07) is 0.0196. The Kier molecular flexibility index (Phi) is 4.27. The van der Waals surface area contributed by atoms with Gasteiger partial charge in [-0.1, -0.05) is 0 Å². The Morgan fingerprint density at radius 2 is 2.32 bits per heavy atom. The minimum Gasteiger partial charge on any atom is -0.336 e. The third-order valence-corrected chi connectivity index (χ3v) is 5.49. The van der Waals surface area contributed by atoms with Crippen molar-refractivity contribution in [2.45, 2.75) is 44.3 Å². The SMILES string of the molecule is CCn1cnc(S(=O)(=O)N2CCCC(C(C)N)C2)c1. The third-order valence-electron chi connectivity index (χ3n) is 3.74. The maximum atomic E-state index is 12.5. The predicted molar refractivity (Wildman–Crippen MR) is 73.0 cm³/mol. The van der Waals surface area contributed by atoms with Gasteiger partial charge in [0.05, 0.1) is 6.33 Å². The zero-order valence-corrected chi connectivity index (χ0v) is 12.3. The second kappa shape index (κ2) is 5.60. The smallest absolute Gasteiger partial charge is 0.262 e. The van der Waals surface area contributed by atoms with E-state index in [2.05, 4.69) is 4.98 Å². The van der Waals surface area contributed by atoms with Gasteiger partial charge in [0, 0.05) is 31.9 Å². The number of imidazole rings is 1. The number of nitrogens with zero attached hydrogens (tertiary/aromatic N) is 3. The molecule has 0 bridgehead atoms. The van der Waals surface area contributed by atoms with Crippen molar-refractivity contribution in [1.82, 2.24) is 13.9 Å². The van der Waals surface area contributed by atoms with Crippen LogP contribution in [0.4, 0.5) is 0 Å². The highest BCUT2D eigenvalue weighted by Gasteiger charge is 2.32. The molecule has 7 heteroatoms. The number of nitrogens with two attached hydrogens (primary N) is 1. The van der Waals surface area contributed by atoms with E-state index in [0.29, 0.717) is 19.6 Å². The van der Waals surface area contributed by atoms with Gasteiger partial charge in [0.2, 0.25) is 0 Å². The van der Waals surface area contributed by atoms with Crippen LogP contribution in [0, 0.1) is 5.92 Å². The molecule has 2 N–H and O–H groups in total. The van der Waals surface area contributed by atoms with Crippen LogP contribution in [0.2, 0.25) is 0 Å². The molecule has 6 nitrogen and oxygen atoms in total. The van der Waals surface area contributed by atoms with Gasteiger partial charge in [0.1, 0.15) is 0 Å². The van der Waals surface area contributed by atoms with Crippen molar-refractivity contribution in [3.8, 4) is 0 Å². The fraction of sp³-hybridized carbons (Fsp3) is 0.750. The Labute approximate surface area is 114 Å². The lowest BCUT2D eigenvalue weighted by molar-refractivity contribution is 0.242. The van der Waals surface area contributed by atoms with Gasteiger partial charge in [0.15, 0.2) is 5.03 Å². The third kappa shape index (κ3) is 2.98. The lowest BCUT2D eigenvalue weighted by Crippen LogP contribution is -2.45. The largest absolute Gasteiger partial charge is 0.336 e. The minimum absolute atomic E-state index is 0.0196. The first-order valence-corrected chi connectivity index (χ1v) is 8.16. The zero-order chi connectivity index (χ0) is 14.0. The van der Waals surface area contributed by atoms with E-state index in [-0.39, 0.29) is 17.0 Å². The van der Waals surface area contributed by atoms with E-state index in [1.54, 1.807) is 17.1 Å². The maximum absolute atomic E-state index is 12.5. The molecule has 1 aliphatic heterocycles. The minimum atomic E-state index is -3.47. The van der Waals surface area contributed by atoms with Crippen molar-refractivity contribution in [2.75, 3.05) is 13.1 Å². The molecule has 0 spiro atoms. The van der Waals surface area contributed by atoms with Crippen LogP contribution >= 0.6 is 0 Å². The molecule has 2 heterocycles. The second-order valence-corrected chi connectivity index (χ2v) is 7.05. The molecule has 2 atom stereocenters. The van der Waals surface area contributed by atoms with Crippen LogP contribution in [-0.4, -0.2) is 41.4 Å². The van der Waals surface area contributed by atoms with Crippen molar-refractivity contribution in [1.29, 1.82) is 0 Å². The van der Waals surface area contributed by atoms with Crippen LogP contribution in [0.25, 0.3) is 0 Å². The number of aryl methyl sites for hydroxylation is 1. The molecule has 0 aromatic carbocycles. The molecule has 0 saturated carbocycles. The Morgan fingerprint density at radius 3 is 2.89 bits per heavy atom. The molecule has 0 radical (unpaired) electrons. The molecule has 1 saturated heterocycles. The molecular weight excluding hydrogens is 264 g/mol. The van der Waals surface area contributed by atoms with Crippen LogP contribution < -0.4 is 5.73 Å². The van der Waals surface area contributed by atoms with E-state index < -0.39 is 10.0 Å². The number of hydrogen-bond donors (Lipinski definition) is 1. The molecule has 2 rings (SSSR count). The average Bonchev–Trinajstić information content (AvgIpc) is 2.88. The van der Waals surface area contributed by atoms with Gasteiger partial charge in [-0.3, -0.25) is 0 Å². The van der Waals surface area contributed by atoms with Crippen LogP contribution in [0.5, 0.6) is 0 Å². The molecule has 1 aromatic rings. The summed E-state index contributed by atoms with van der Waals surface area (Å²) in [7, 11) is -3.47. The number of aromatic nitrogens is 2. The molecular formula is C12H22N4O2S. The Balaban J connectivity index is 2.19. The van der Waals surface area contributed by atoms with E-state index in [9.17, 15) is 8.42 Å². The number of sulfonamides is 1. The summed E-state index contributed by atoms with van der Waals surface area (Å²) in [5.74, 6) is 0.233. The normalized spacial score (nSPS) is 23.4. The summed E-state index contributed by atoms with van der Waals surface area (Å²) in [6.45, 7) is 5.66. The topological polar surface area (TPSA) is 81.2 Å². The predicted octanol–water partition coefficient (Wildman–Crippen LogP) is 0.651. The highest BCUT2D eigenvalue weighted by atomic mass is 32.2. The van der Waals surface area contributed by atoms with Crippen LogP contribution in [0.3, 0.4) is 0 Å². The molecule has 0 aliphatic carbocycles. The number of piperidine rings is 1. The van der Waals surface area contributed by atoms with E-state index in [0.717, 1.165) is 12.8 Å². The van der Waals surface area contributed by atoms with Crippen molar-refractivity contribution < 1.29 is 8.42 Å². The summed E-state index contributed by atoms with van der Waals surface area (Å²) < 4.78 is 28.3. The van der Waals surface area contributed by atoms with E-state index >= 15 is 0 Å². The first-order chi connectivity index (χ1) is 8.95. The van der Waals surface area contributed by atoms with Gasteiger partial charge >= 0.3 is 0 Å². The standard InChI is InChI=1S/C12H22N4O2S/c1-3-15-8-12(14-9-15)19(17,18)16-6-4-5-11(7-16)10(2)13/h8-11H,3-7,13H2,1-2H3. The summed E-state index contributed by atoms with van der Waals surface area (Å²) >= 11 is 0. The molecule has 1 aliphatic rings. The van der Waals surface area contributed by atoms with Crippen LogP contribution in [-0.2, 0) is 16.6 Å². The lowest BCUT2D eigenvalue weighted by atomic mass is 9.93. The lowest BCUT2D eigenvalue weighted by Gasteiger charge is -2.33. The summed E-state index contributed by atoms with van der Waals surface area (Å²) in [5, 5.41) is 0.139. The van der Waals surface area contributed by atoms with Gasteiger partial charge in [-0.05, 0) is 32.6 Å². The summed E-state index contributed by atoms with van der Waals surface area (Å²) in [6.07, 6.45) is 5.00. The maximum Gasteiger partial charge on any atom is 0.262 e. The highest BCUT2D eigenvalue weighted by Crippen LogP contribution is 2.24. The van der Waals surface area contributed by atoms with Gasteiger partial charge < -0.3 is 10.3 Å². The Morgan fingerprint density at radius 1 is 1.58 bits per heavy atom. The molecule has 0 amide bonds. The van der Waals surface area contributed by atoms with Crippen LogP contribution in [0.15, 0.2) is 17.6 Å². The first-order valence-electron chi connectivity index (χ1n) is 6.72. The second-order valence-electron chi connectivity index (χ2n) is 5.17. The highest BCUT2D eigenvalue weighted by molar-refractivity contribution is 7.89. The van der Waals surface area contributed by atoms with Crippen molar-refractivity contribution in [2.24, 2.45) is 11.7 Å². The van der Waals surface area contributed by atoms with Crippen molar-refractivity contribution in [3.63, 3.8) is 0 Å². The van der Waals surface area contributed by atoms with Crippen LogP contribution in [0.1, 0.15) is 26.7 Å². The van der Waals surface area contributed by atoms with E-state index in [4.69, 9.17) is 5.73 Å². The molecule has 1 aromatic heterocycles. The zero-order valence-electron chi connectivity index (χ0n) is 11.5. The van der Waals surface area contributed by atoms with Crippen molar-refractivity contribution in [3.05, 3.63) is 12.5 Å². The van der Waals surface area contributed by atoms with Crippen molar-refractivity contribution >= 4 is 10.0 Å². The van der Waals surface area contributed by atoms with E-state index in [1.165, 1.54) is 4.31 Å². The molecule has 2 unspecified atom stereocenters. The quantitative estimate of drug-likeness (QED) is 0.881. The molecule has 19 heavy (non-hydrogen) atoms. The summed E-state index contributed by atoms with van der Waals surface area (Å²) in [4.78, 5) is 4.01. The van der Waals surface area contributed by atoms with Gasteiger partial charge in [-0.15, -0.1) is 0 Å². The fourth-order valence-electron chi connectivity index (χ4n) is 2.40. The van der Waals surface area contributed by atoms with Gasteiger partial charge in [-0.2, -0.15) is 4.31 Å². The monoisotopic (exact) mass is 286 g/mol. The summed E-state index contributed by atoms with van der Waals surface area (Å²) in [5.41, 5.74) is 5.90. The van der Waals surface area contributed by atoms with E-state index in [1.807, 2.05) is 13.8 Å². The average molecular weight is 286 g/mol. The molecule has 1 fully saturated rings. The van der Waals surface area contributed by atoms with Gasteiger partial charge in [-0.25, -0.2) is 13.4 Å². The number of hydrogen-bond acceptors (Lipinski definition) is 4. The van der Waals surface area contributed by atoms with Gasteiger partial charge in [0.25, 0.3) is 10.0 Å². The first kappa shape index (κ1) is 14.5. The molecule has 108 valence electrons. The Bertz CT molecular complexity index is 524.